The number of hydrogen-bond donors (Lipinski definition) is 0. The molecule has 6 atom stereocenters. The number of ether oxygens (including phenoxy) is 1. The van der Waals surface area contributed by atoms with Crippen LogP contribution in [0.3, 0.4) is 0 Å². The Morgan fingerprint density at radius 3 is 2.91 bits per heavy atom. The zero-order valence-electron chi connectivity index (χ0n) is 14.4. The van der Waals surface area contributed by atoms with Crippen LogP contribution in [0, 0.1) is 28.6 Å². The lowest BCUT2D eigenvalue weighted by Crippen LogP contribution is -2.51. The molecule has 124 valence electrons. The molecule has 23 heavy (non-hydrogen) atoms. The highest BCUT2D eigenvalue weighted by Crippen LogP contribution is 2.68. The molecule has 0 aromatic heterocycles. The zero-order chi connectivity index (χ0) is 15.8. The van der Waals surface area contributed by atoms with E-state index in [1.165, 1.54) is 37.7 Å². The van der Waals surface area contributed by atoms with Gasteiger partial charge in [-0.05, 0) is 80.3 Å². The van der Waals surface area contributed by atoms with Crippen LogP contribution in [0.15, 0.2) is 23.3 Å². The van der Waals surface area contributed by atoms with Gasteiger partial charge in [0.2, 0.25) is 0 Å². The minimum atomic E-state index is 0.224. The first-order chi connectivity index (χ1) is 11.1. The number of rotatable bonds is 0. The minimum absolute atomic E-state index is 0.224. The van der Waals surface area contributed by atoms with Gasteiger partial charge in [0, 0.05) is 11.8 Å². The van der Waals surface area contributed by atoms with E-state index >= 15 is 0 Å². The molecule has 5 rings (SSSR count). The van der Waals surface area contributed by atoms with Crippen molar-refractivity contribution in [2.45, 2.75) is 64.9 Å². The van der Waals surface area contributed by atoms with Gasteiger partial charge in [0.15, 0.2) is 5.78 Å². The van der Waals surface area contributed by atoms with E-state index in [1.807, 2.05) is 6.08 Å². The van der Waals surface area contributed by atoms with Crippen LogP contribution in [-0.4, -0.2) is 18.5 Å². The van der Waals surface area contributed by atoms with Gasteiger partial charge in [0.1, 0.15) is 0 Å². The summed E-state index contributed by atoms with van der Waals surface area (Å²) in [6.45, 7) is 5.65. The molecule has 5 aliphatic rings. The molecule has 5 unspecified atom stereocenters. The average molecular weight is 312 g/mol. The third-order valence-electron chi connectivity index (χ3n) is 8.43. The lowest BCUT2D eigenvalue weighted by atomic mass is 9.47. The van der Waals surface area contributed by atoms with Gasteiger partial charge in [-0.3, -0.25) is 4.79 Å². The van der Waals surface area contributed by atoms with Crippen LogP contribution in [0.4, 0.5) is 0 Å². The third-order valence-corrected chi connectivity index (χ3v) is 8.43. The van der Waals surface area contributed by atoms with E-state index in [9.17, 15) is 4.79 Å². The van der Waals surface area contributed by atoms with Gasteiger partial charge in [-0.25, -0.2) is 0 Å². The molecule has 1 aliphatic heterocycles. The summed E-state index contributed by atoms with van der Waals surface area (Å²) >= 11 is 0. The maximum Gasteiger partial charge on any atom is 0.155 e. The van der Waals surface area contributed by atoms with Crippen molar-refractivity contribution in [2.24, 2.45) is 28.6 Å². The first kappa shape index (κ1) is 14.5. The van der Waals surface area contributed by atoms with Gasteiger partial charge in [0.05, 0.1) is 12.7 Å². The van der Waals surface area contributed by atoms with Crippen molar-refractivity contribution in [1.82, 2.24) is 0 Å². The number of allylic oxidation sites excluding steroid dienone is 2. The highest BCUT2D eigenvalue weighted by molar-refractivity contribution is 5.92. The van der Waals surface area contributed by atoms with Crippen molar-refractivity contribution in [3.05, 3.63) is 23.3 Å². The predicted octanol–water partition coefficient (Wildman–Crippen LogP) is 4.45. The standard InChI is InChI=1S/C21H28O2/c1-3-13-4-5-16-15-11-19-18-10-14(22)6-9-21(18,12-23-19)17(15)7-8-20(13,16)2/h3,10,15-17,19H,4-9,11-12H2,1-2H3/b13-3-/t15?,16?,17?,19-,20?,21?/m0/s1. The third kappa shape index (κ3) is 1.66. The van der Waals surface area contributed by atoms with Crippen molar-refractivity contribution in [1.29, 1.82) is 0 Å². The molecule has 0 spiro atoms. The second kappa shape index (κ2) is 4.59. The molecule has 1 heterocycles. The maximum atomic E-state index is 12.0. The Morgan fingerprint density at radius 2 is 2.09 bits per heavy atom. The van der Waals surface area contributed by atoms with E-state index in [0.717, 1.165) is 37.2 Å². The number of hydrogen-bond acceptors (Lipinski definition) is 2. The van der Waals surface area contributed by atoms with Crippen LogP contribution in [0.25, 0.3) is 0 Å². The van der Waals surface area contributed by atoms with Crippen LogP contribution >= 0.6 is 0 Å². The molecule has 2 heteroatoms. The van der Waals surface area contributed by atoms with Crippen molar-refractivity contribution in [3.63, 3.8) is 0 Å². The van der Waals surface area contributed by atoms with Crippen molar-refractivity contribution in [2.75, 3.05) is 6.61 Å². The minimum Gasteiger partial charge on any atom is -0.373 e. The smallest absolute Gasteiger partial charge is 0.155 e. The van der Waals surface area contributed by atoms with E-state index in [4.69, 9.17) is 4.74 Å². The molecule has 0 aromatic rings. The molecule has 3 saturated carbocycles. The Bertz CT molecular complexity index is 630. The van der Waals surface area contributed by atoms with Crippen LogP contribution in [0.5, 0.6) is 0 Å². The Kier molecular flexibility index (Phi) is 2.89. The fraction of sp³-hybridized carbons (Fsp3) is 0.762. The molecule has 0 aromatic carbocycles. The van der Waals surface area contributed by atoms with E-state index in [-0.39, 0.29) is 11.5 Å². The molecule has 4 fully saturated rings. The van der Waals surface area contributed by atoms with Crippen molar-refractivity contribution >= 4 is 5.78 Å². The largest absolute Gasteiger partial charge is 0.373 e. The normalized spacial score (nSPS) is 52.9. The van der Waals surface area contributed by atoms with Crippen molar-refractivity contribution < 1.29 is 9.53 Å². The summed E-state index contributed by atoms with van der Waals surface area (Å²) in [5.41, 5.74) is 3.77. The Labute approximate surface area is 139 Å². The monoisotopic (exact) mass is 312 g/mol. The van der Waals surface area contributed by atoms with Gasteiger partial charge < -0.3 is 4.74 Å². The van der Waals surface area contributed by atoms with Gasteiger partial charge >= 0.3 is 0 Å². The van der Waals surface area contributed by atoms with E-state index < -0.39 is 0 Å². The van der Waals surface area contributed by atoms with Crippen LogP contribution < -0.4 is 0 Å². The highest BCUT2D eigenvalue weighted by Gasteiger charge is 2.63. The molecule has 0 radical (unpaired) electrons. The van der Waals surface area contributed by atoms with Gasteiger partial charge in [0.25, 0.3) is 0 Å². The quantitative estimate of drug-likeness (QED) is 0.618. The van der Waals surface area contributed by atoms with Crippen LogP contribution in [0.1, 0.15) is 58.8 Å². The topological polar surface area (TPSA) is 26.3 Å². The van der Waals surface area contributed by atoms with Crippen molar-refractivity contribution in [3.8, 4) is 0 Å². The fourth-order valence-electron chi connectivity index (χ4n) is 7.36. The maximum absolute atomic E-state index is 12.0. The van der Waals surface area contributed by atoms with Gasteiger partial charge in [-0.2, -0.15) is 0 Å². The first-order valence-electron chi connectivity index (χ1n) is 9.61. The zero-order valence-corrected chi connectivity index (χ0v) is 14.4. The molecular weight excluding hydrogens is 284 g/mol. The highest BCUT2D eigenvalue weighted by atomic mass is 16.5. The summed E-state index contributed by atoms with van der Waals surface area (Å²) in [6, 6.07) is 0. The molecule has 1 saturated heterocycles. The Balaban J connectivity index is 1.57. The fourth-order valence-corrected chi connectivity index (χ4v) is 7.36. The summed E-state index contributed by atoms with van der Waals surface area (Å²) in [5.74, 6) is 2.74. The second-order valence-electron chi connectivity index (χ2n) is 8.94. The Morgan fingerprint density at radius 1 is 1.22 bits per heavy atom. The summed E-state index contributed by atoms with van der Waals surface area (Å²) < 4.78 is 6.25. The molecule has 2 bridgehead atoms. The number of fused-ring (bicyclic) bond motifs is 3. The summed E-state index contributed by atoms with van der Waals surface area (Å²) in [5, 5.41) is 0. The summed E-state index contributed by atoms with van der Waals surface area (Å²) in [6.07, 6.45) is 12.9. The van der Waals surface area contributed by atoms with E-state index in [2.05, 4.69) is 19.9 Å². The Hall–Kier alpha value is -0.890. The lowest BCUT2D eigenvalue weighted by molar-refractivity contribution is -0.116. The van der Waals surface area contributed by atoms with E-state index in [0.29, 0.717) is 11.2 Å². The first-order valence-corrected chi connectivity index (χ1v) is 9.61. The summed E-state index contributed by atoms with van der Waals surface area (Å²) in [4.78, 5) is 12.0. The number of carbonyl (C=O) groups is 1. The number of carbonyl (C=O) groups excluding carboxylic acids is 1. The molecule has 0 N–H and O–H groups in total. The summed E-state index contributed by atoms with van der Waals surface area (Å²) in [7, 11) is 0. The number of ketones is 1. The average Bonchev–Trinajstić information content (AvgIpc) is 3.01. The SMILES string of the molecule is C/C=C1/CCC2C3C[C@@H]4OCC5(CCC(=O)C=C45)C3CCC12C. The molecular formula is C21H28O2. The second-order valence-corrected chi connectivity index (χ2v) is 8.94. The lowest BCUT2D eigenvalue weighted by Gasteiger charge is -2.56. The molecule has 4 aliphatic carbocycles. The molecule has 2 nitrogen and oxygen atoms in total. The van der Waals surface area contributed by atoms with Crippen LogP contribution in [0.2, 0.25) is 0 Å². The molecule has 0 amide bonds. The van der Waals surface area contributed by atoms with Gasteiger partial charge in [-0.15, -0.1) is 0 Å². The van der Waals surface area contributed by atoms with E-state index in [1.54, 1.807) is 5.57 Å². The predicted molar refractivity (Wildman–Crippen MR) is 89.9 cm³/mol. The van der Waals surface area contributed by atoms with Crippen LogP contribution in [-0.2, 0) is 9.53 Å². The van der Waals surface area contributed by atoms with Gasteiger partial charge in [-0.1, -0.05) is 18.6 Å².